The predicted octanol–water partition coefficient (Wildman–Crippen LogP) is 4.81. The Labute approximate surface area is 171 Å². The van der Waals surface area contributed by atoms with Crippen molar-refractivity contribution in [2.24, 2.45) is 7.05 Å². The molecule has 29 heavy (non-hydrogen) atoms. The molecule has 0 bridgehead atoms. The van der Waals surface area contributed by atoms with Gasteiger partial charge >= 0.3 is 0 Å². The molecule has 5 aromatic rings. The van der Waals surface area contributed by atoms with Gasteiger partial charge in [-0.1, -0.05) is 30.3 Å². The van der Waals surface area contributed by atoms with Gasteiger partial charge in [-0.05, 0) is 43.0 Å². The van der Waals surface area contributed by atoms with E-state index in [0.29, 0.717) is 0 Å². The molecule has 142 valence electrons. The van der Waals surface area contributed by atoms with Crippen molar-refractivity contribution in [1.29, 1.82) is 0 Å². The van der Waals surface area contributed by atoms with E-state index in [0.717, 1.165) is 0 Å². The first kappa shape index (κ1) is 17.6. The Balaban J connectivity index is 1.77. The van der Waals surface area contributed by atoms with Crippen LogP contribution in [0.15, 0.2) is 79.1 Å². The van der Waals surface area contributed by atoms with Crippen molar-refractivity contribution in [3.8, 4) is 11.4 Å². The van der Waals surface area contributed by atoms with Gasteiger partial charge in [-0.25, -0.2) is 0 Å². The van der Waals surface area contributed by atoms with Crippen LogP contribution in [0, 0.1) is 20.8 Å². The molecule has 0 N–H and O–H groups in total. The third-order valence-electron chi connectivity index (χ3n) is 5.88. The number of hydrogen-bond acceptors (Lipinski definition) is 0. The zero-order valence-corrected chi connectivity index (χ0v) is 17.3. The summed E-state index contributed by atoms with van der Waals surface area (Å²) in [6.07, 6.45) is 4.47. The van der Waals surface area contributed by atoms with Crippen molar-refractivity contribution < 1.29 is 9.25 Å². The number of aryl methyl sites for hydroxylation is 3. The average molecular weight is 380 g/mol. The molecule has 0 unspecified atom stereocenters. The zero-order valence-electron chi connectivity index (χ0n) is 17.3. The fraction of sp³-hybridized carbons (Fsp3) is 0.154. The monoisotopic (exact) mass is 379 g/mol. The molecule has 0 aliphatic heterocycles. The first-order valence-corrected chi connectivity index (χ1v) is 10.0. The minimum atomic E-state index is 1.21. The van der Waals surface area contributed by atoms with Gasteiger partial charge < -0.3 is 0 Å². The molecule has 0 radical (unpaired) electrons. The number of para-hydroxylation sites is 1. The van der Waals surface area contributed by atoms with Gasteiger partial charge in [0.15, 0.2) is 18.9 Å². The first-order valence-electron chi connectivity index (χ1n) is 10.0. The first-order chi connectivity index (χ1) is 14.0. The molecule has 0 spiro atoms. The lowest BCUT2D eigenvalue weighted by atomic mass is 10.1. The summed E-state index contributed by atoms with van der Waals surface area (Å²) in [7, 11) is 2.12. The molecule has 3 heteroatoms. The largest absolute Gasteiger partial charge is 0.238 e. The van der Waals surface area contributed by atoms with E-state index in [1.807, 2.05) is 0 Å². The summed E-state index contributed by atoms with van der Waals surface area (Å²) in [6.45, 7) is 6.57. The molecule has 0 amide bonds. The number of rotatable bonds is 2. The highest BCUT2D eigenvalue weighted by Gasteiger charge is 2.22. The van der Waals surface area contributed by atoms with Crippen LogP contribution in [0.2, 0.25) is 0 Å². The molecule has 0 atom stereocenters. The van der Waals surface area contributed by atoms with Crippen LogP contribution in [0.1, 0.15) is 16.8 Å². The molecule has 0 aliphatic rings. The Bertz CT molecular complexity index is 1390. The Hall–Kier alpha value is -3.46. The second-order valence-corrected chi connectivity index (χ2v) is 7.90. The van der Waals surface area contributed by atoms with Crippen molar-refractivity contribution in [2.45, 2.75) is 20.8 Å². The van der Waals surface area contributed by atoms with Crippen molar-refractivity contribution in [1.82, 2.24) is 4.68 Å². The van der Waals surface area contributed by atoms with Crippen LogP contribution in [-0.2, 0) is 7.05 Å². The Morgan fingerprint density at radius 3 is 2.21 bits per heavy atom. The summed E-state index contributed by atoms with van der Waals surface area (Å²) in [4.78, 5) is 0. The molecule has 3 aromatic carbocycles. The quantitative estimate of drug-likeness (QED) is 0.391. The van der Waals surface area contributed by atoms with Crippen molar-refractivity contribution in [2.75, 3.05) is 0 Å². The van der Waals surface area contributed by atoms with Crippen LogP contribution in [0.3, 0.4) is 0 Å². The molecule has 0 aliphatic carbocycles. The third-order valence-corrected chi connectivity index (χ3v) is 5.88. The summed E-state index contributed by atoms with van der Waals surface area (Å²) in [5, 5.41) is 3.76. The molecule has 0 saturated heterocycles. The highest BCUT2D eigenvalue weighted by atomic mass is 15.4. The van der Waals surface area contributed by atoms with Crippen LogP contribution in [0.5, 0.6) is 0 Å². The topological polar surface area (TPSA) is 12.7 Å². The summed E-state index contributed by atoms with van der Waals surface area (Å²) in [6, 6.07) is 23.9. The number of nitrogens with zero attached hydrogens (tertiary/aromatic N) is 3. The van der Waals surface area contributed by atoms with E-state index in [1.54, 1.807) is 0 Å². The van der Waals surface area contributed by atoms with Gasteiger partial charge in [0.1, 0.15) is 5.69 Å². The molecular weight excluding hydrogens is 354 g/mol. The summed E-state index contributed by atoms with van der Waals surface area (Å²) in [5.74, 6) is 0. The normalized spacial score (nSPS) is 11.4. The number of aromatic nitrogens is 3. The molecule has 3 nitrogen and oxygen atoms in total. The molecule has 2 heterocycles. The zero-order chi connectivity index (χ0) is 20.1. The van der Waals surface area contributed by atoms with Crippen LogP contribution in [0.25, 0.3) is 33.1 Å². The Morgan fingerprint density at radius 2 is 1.45 bits per heavy atom. The Morgan fingerprint density at radius 1 is 0.759 bits per heavy atom. The maximum absolute atomic E-state index is 2.32. The molecule has 0 fully saturated rings. The second-order valence-electron chi connectivity index (χ2n) is 7.90. The van der Waals surface area contributed by atoms with Gasteiger partial charge in [0, 0.05) is 30.5 Å². The van der Waals surface area contributed by atoms with E-state index < -0.39 is 0 Å². The van der Waals surface area contributed by atoms with Gasteiger partial charge in [-0.2, -0.15) is 4.57 Å². The van der Waals surface area contributed by atoms with Gasteiger partial charge in [-0.15, -0.1) is 9.36 Å². The molecule has 2 aromatic heterocycles. The SMILES string of the molecule is Cc1cc(-n2cc3ccccc3[n+]2C)c(C)c(-[n+]2cc3ccccc3cc2C)c1. The van der Waals surface area contributed by atoms with Crippen LogP contribution in [0.4, 0.5) is 0 Å². The van der Waals surface area contributed by atoms with Crippen LogP contribution < -0.4 is 9.25 Å². The van der Waals surface area contributed by atoms with E-state index >= 15 is 0 Å². The maximum Gasteiger partial charge on any atom is 0.238 e. The van der Waals surface area contributed by atoms with Crippen molar-refractivity contribution >= 4 is 21.7 Å². The molecular formula is C26H25N3+2. The van der Waals surface area contributed by atoms with Gasteiger partial charge in [0.25, 0.3) is 0 Å². The van der Waals surface area contributed by atoms with Gasteiger partial charge in [0.2, 0.25) is 11.2 Å². The summed E-state index contributed by atoms with van der Waals surface area (Å²) in [5.41, 5.74) is 7.39. The van der Waals surface area contributed by atoms with E-state index in [9.17, 15) is 0 Å². The smallest absolute Gasteiger partial charge is 0.164 e. The lowest BCUT2D eigenvalue weighted by Crippen LogP contribution is -2.39. The number of hydrogen-bond donors (Lipinski definition) is 0. The standard InChI is InChI=1S/C26H25N3/c1-18-13-25(28-16-22-10-6-5-9-21(22)15-19(28)2)20(3)26(14-18)29-17-23-11-7-8-12-24(23)27(29)4/h5-17H,1-4H3/q+2. The van der Waals surface area contributed by atoms with E-state index in [4.69, 9.17) is 0 Å². The fourth-order valence-electron chi connectivity index (χ4n) is 4.32. The lowest BCUT2D eigenvalue weighted by Gasteiger charge is -2.10. The van der Waals surface area contributed by atoms with Crippen molar-refractivity contribution in [3.63, 3.8) is 0 Å². The number of fused-ring (bicyclic) bond motifs is 2. The fourth-order valence-corrected chi connectivity index (χ4v) is 4.32. The minimum Gasteiger partial charge on any atom is -0.164 e. The average Bonchev–Trinajstić information content (AvgIpc) is 3.06. The molecule has 0 saturated carbocycles. The summed E-state index contributed by atoms with van der Waals surface area (Å²) >= 11 is 0. The van der Waals surface area contributed by atoms with E-state index in [-0.39, 0.29) is 0 Å². The summed E-state index contributed by atoms with van der Waals surface area (Å²) < 4.78 is 6.80. The van der Waals surface area contributed by atoms with Gasteiger partial charge in [-0.3, -0.25) is 0 Å². The van der Waals surface area contributed by atoms with Gasteiger partial charge in [0.05, 0.1) is 17.1 Å². The van der Waals surface area contributed by atoms with Crippen LogP contribution in [-0.4, -0.2) is 4.68 Å². The van der Waals surface area contributed by atoms with Crippen molar-refractivity contribution in [3.05, 3.63) is 95.9 Å². The molecule has 5 rings (SSSR count). The maximum atomic E-state index is 2.32. The second kappa shape index (κ2) is 6.56. The number of benzene rings is 3. The Kier molecular flexibility index (Phi) is 3.99. The third kappa shape index (κ3) is 2.82. The highest BCUT2D eigenvalue weighted by molar-refractivity contribution is 5.81. The lowest BCUT2D eigenvalue weighted by molar-refractivity contribution is -0.720. The highest BCUT2D eigenvalue weighted by Crippen LogP contribution is 2.23. The van der Waals surface area contributed by atoms with Crippen LogP contribution >= 0.6 is 0 Å². The number of pyridine rings is 1. The van der Waals surface area contributed by atoms with E-state index in [1.165, 1.54) is 49.9 Å². The predicted molar refractivity (Wildman–Crippen MR) is 118 cm³/mol. The van der Waals surface area contributed by atoms with E-state index in [2.05, 4.69) is 121 Å². The minimum absolute atomic E-state index is 1.21.